The highest BCUT2D eigenvalue weighted by atomic mass is 35.5. The van der Waals surface area contributed by atoms with Crippen molar-refractivity contribution in [3.05, 3.63) is 23.2 Å². The van der Waals surface area contributed by atoms with Crippen LogP contribution in [0.25, 0.3) is 0 Å². The molecule has 30 heavy (non-hydrogen) atoms. The molecule has 2 aliphatic carbocycles. The van der Waals surface area contributed by atoms with Crippen molar-refractivity contribution in [2.45, 2.75) is 67.0 Å². The van der Waals surface area contributed by atoms with Gasteiger partial charge in [-0.3, -0.25) is 4.79 Å². The number of carbonyl (C=O) groups is 1. The molecule has 0 bridgehead atoms. The zero-order valence-corrected chi connectivity index (χ0v) is 17.6. The first kappa shape index (κ1) is 22.7. The first-order chi connectivity index (χ1) is 13.9. The maximum absolute atomic E-state index is 13.0. The third kappa shape index (κ3) is 4.67. The molecule has 2 fully saturated rings. The Kier molecular flexibility index (Phi) is 6.00. The Labute approximate surface area is 177 Å². The number of benzene rings is 1. The van der Waals surface area contributed by atoms with E-state index in [0.717, 1.165) is 25.1 Å². The van der Waals surface area contributed by atoms with Crippen molar-refractivity contribution >= 4 is 27.3 Å². The predicted octanol–water partition coefficient (Wildman–Crippen LogP) is 3.78. The first-order valence-electron chi connectivity index (χ1n) is 9.38. The van der Waals surface area contributed by atoms with Crippen molar-refractivity contribution < 1.29 is 31.1 Å². The minimum Gasteiger partial charge on any atom is -0.481 e. The second-order valence-electron chi connectivity index (χ2n) is 7.75. The monoisotopic (exact) mass is 464 g/mol. The maximum atomic E-state index is 13.0. The highest BCUT2D eigenvalue weighted by Gasteiger charge is 2.47. The van der Waals surface area contributed by atoms with Gasteiger partial charge in [0.15, 0.2) is 15.9 Å². The fourth-order valence-corrected chi connectivity index (χ4v) is 5.80. The van der Waals surface area contributed by atoms with E-state index in [1.807, 2.05) is 0 Å². The van der Waals surface area contributed by atoms with Gasteiger partial charge in [-0.15, -0.1) is 0 Å². The Bertz CT molecular complexity index is 986. The molecule has 0 aliphatic heterocycles. The van der Waals surface area contributed by atoms with Gasteiger partial charge in [0, 0.05) is 12.0 Å². The normalized spacial score (nSPS) is 24.0. The smallest absolute Gasteiger partial charge is 0.425 e. The summed E-state index contributed by atoms with van der Waals surface area (Å²) in [6.07, 6.45) is -4.77. The lowest BCUT2D eigenvalue weighted by Gasteiger charge is -2.19. The van der Waals surface area contributed by atoms with Gasteiger partial charge in [-0.2, -0.15) is 18.4 Å². The number of carbonyl (C=O) groups excluding carboxylic acids is 1. The average molecular weight is 465 g/mol. The summed E-state index contributed by atoms with van der Waals surface area (Å²) >= 11 is 6.05. The fourth-order valence-electron chi connectivity index (χ4n) is 3.42. The number of sulfone groups is 1. The van der Waals surface area contributed by atoms with Crippen LogP contribution in [0.4, 0.5) is 13.2 Å². The Balaban J connectivity index is 1.70. The van der Waals surface area contributed by atoms with Crippen LogP contribution >= 0.6 is 11.6 Å². The van der Waals surface area contributed by atoms with Crippen LogP contribution in [0.15, 0.2) is 23.1 Å². The van der Waals surface area contributed by atoms with Gasteiger partial charge in [-0.25, -0.2) is 8.42 Å². The zero-order chi connectivity index (χ0) is 22.3. The van der Waals surface area contributed by atoms with Gasteiger partial charge in [0.1, 0.15) is 11.3 Å². The average Bonchev–Trinajstić information content (AvgIpc) is 3.23. The first-order valence-corrected chi connectivity index (χ1v) is 11.3. The molecule has 3 atom stereocenters. The van der Waals surface area contributed by atoms with Crippen LogP contribution < -0.4 is 10.1 Å². The van der Waals surface area contributed by atoms with Crippen LogP contribution in [0.5, 0.6) is 5.75 Å². The minimum atomic E-state index is -4.57. The number of hydrogen-bond acceptors (Lipinski definition) is 5. The highest BCUT2D eigenvalue weighted by Crippen LogP contribution is 2.39. The van der Waals surface area contributed by atoms with E-state index in [2.05, 4.69) is 11.4 Å². The molecule has 1 aromatic rings. The molecule has 0 saturated heterocycles. The molecule has 1 unspecified atom stereocenters. The van der Waals surface area contributed by atoms with Crippen LogP contribution in [-0.2, 0) is 14.6 Å². The quantitative estimate of drug-likeness (QED) is 0.691. The summed E-state index contributed by atoms with van der Waals surface area (Å²) in [5, 5.41) is 10.7. The van der Waals surface area contributed by atoms with E-state index < -0.39 is 38.8 Å². The molecule has 0 heterocycles. The predicted molar refractivity (Wildman–Crippen MR) is 102 cm³/mol. The van der Waals surface area contributed by atoms with Gasteiger partial charge in [0.05, 0.1) is 21.2 Å². The molecule has 0 radical (unpaired) electrons. The van der Waals surface area contributed by atoms with Crippen molar-refractivity contribution in [1.82, 2.24) is 5.32 Å². The Morgan fingerprint density at radius 3 is 2.57 bits per heavy atom. The lowest BCUT2D eigenvalue weighted by molar-refractivity contribution is -0.189. The molecule has 2 aliphatic rings. The largest absolute Gasteiger partial charge is 0.481 e. The molecule has 3 rings (SSSR count). The van der Waals surface area contributed by atoms with E-state index in [1.165, 1.54) is 0 Å². The Morgan fingerprint density at radius 1 is 1.37 bits per heavy atom. The lowest BCUT2D eigenvalue weighted by atomic mass is 10.1. The topological polar surface area (TPSA) is 96.3 Å². The molecule has 0 aromatic heterocycles. The van der Waals surface area contributed by atoms with Crippen LogP contribution in [0, 0.1) is 17.2 Å². The van der Waals surface area contributed by atoms with E-state index in [4.69, 9.17) is 21.6 Å². The van der Waals surface area contributed by atoms with Crippen molar-refractivity contribution in [3.8, 4) is 11.8 Å². The molecule has 6 nitrogen and oxygen atoms in total. The van der Waals surface area contributed by atoms with Gasteiger partial charge in [-0.05, 0) is 51.2 Å². The number of amides is 1. The summed E-state index contributed by atoms with van der Waals surface area (Å²) in [6.45, 7) is 0.834. The van der Waals surface area contributed by atoms with E-state index in [0.29, 0.717) is 19.3 Å². The lowest BCUT2D eigenvalue weighted by Crippen LogP contribution is -2.39. The van der Waals surface area contributed by atoms with Crippen molar-refractivity contribution in [3.63, 3.8) is 0 Å². The maximum Gasteiger partial charge on any atom is 0.425 e. The summed E-state index contributed by atoms with van der Waals surface area (Å²) in [5.74, 6) is -1.05. The molecule has 164 valence electrons. The van der Waals surface area contributed by atoms with Crippen molar-refractivity contribution in [1.29, 1.82) is 5.26 Å². The fraction of sp³-hybridized carbons (Fsp3) is 0.579. The van der Waals surface area contributed by atoms with E-state index >= 15 is 0 Å². The van der Waals surface area contributed by atoms with Crippen molar-refractivity contribution in [2.24, 2.45) is 5.92 Å². The van der Waals surface area contributed by atoms with E-state index in [9.17, 15) is 26.4 Å². The summed E-state index contributed by atoms with van der Waals surface area (Å²) in [7, 11) is -3.90. The number of rotatable bonds is 6. The van der Waals surface area contributed by atoms with Gasteiger partial charge >= 0.3 is 6.18 Å². The number of hydrogen-bond donors (Lipinski definition) is 1. The molecular formula is C19H20ClF3N2O4S. The van der Waals surface area contributed by atoms with Crippen LogP contribution in [0.3, 0.4) is 0 Å². The SMILES string of the molecule is CC(Oc1ccc(S(=O)(=O)[C@@H]2CC[C@@H](C(=O)NC3(C#N)CC3)C2)c(Cl)c1)C(F)(F)F. The van der Waals surface area contributed by atoms with Gasteiger partial charge in [-0.1, -0.05) is 11.6 Å². The number of nitriles is 1. The number of nitrogens with one attached hydrogen (secondary N) is 1. The number of nitrogens with zero attached hydrogens (tertiary/aromatic N) is 1. The third-order valence-corrected chi connectivity index (χ3v) is 8.20. The molecule has 11 heteroatoms. The van der Waals surface area contributed by atoms with Gasteiger partial charge in [0.25, 0.3) is 0 Å². The number of alkyl halides is 3. The molecular weight excluding hydrogens is 445 g/mol. The summed E-state index contributed by atoms with van der Waals surface area (Å²) < 4.78 is 68.6. The van der Waals surface area contributed by atoms with E-state index in [-0.39, 0.29) is 34.4 Å². The molecule has 1 aromatic carbocycles. The molecule has 2 saturated carbocycles. The van der Waals surface area contributed by atoms with Gasteiger partial charge < -0.3 is 10.1 Å². The number of ether oxygens (including phenoxy) is 1. The summed E-state index contributed by atoms with van der Waals surface area (Å²) in [4.78, 5) is 12.2. The minimum absolute atomic E-state index is 0.0926. The van der Waals surface area contributed by atoms with Crippen LogP contribution in [0.1, 0.15) is 39.0 Å². The van der Waals surface area contributed by atoms with Crippen LogP contribution in [-0.4, -0.2) is 37.4 Å². The summed E-state index contributed by atoms with van der Waals surface area (Å²) in [6, 6.07) is 5.35. The van der Waals surface area contributed by atoms with Crippen LogP contribution in [0.2, 0.25) is 5.02 Å². The second kappa shape index (κ2) is 7.93. The summed E-state index contributed by atoms with van der Waals surface area (Å²) in [5.41, 5.74) is -0.819. The Hall–Kier alpha value is -1.99. The van der Waals surface area contributed by atoms with E-state index in [1.54, 1.807) is 0 Å². The Morgan fingerprint density at radius 2 is 2.03 bits per heavy atom. The molecule has 1 amide bonds. The second-order valence-corrected chi connectivity index (χ2v) is 10.4. The molecule has 0 spiro atoms. The molecule has 1 N–H and O–H groups in total. The third-order valence-electron chi connectivity index (χ3n) is 5.50. The van der Waals surface area contributed by atoms with Crippen molar-refractivity contribution in [2.75, 3.05) is 0 Å². The highest BCUT2D eigenvalue weighted by molar-refractivity contribution is 7.92. The van der Waals surface area contributed by atoms with Gasteiger partial charge in [0.2, 0.25) is 5.91 Å². The zero-order valence-electron chi connectivity index (χ0n) is 16.0. The number of halogens is 4. The standard InChI is InChI=1S/C19H20ClF3N2O4S/c1-11(19(21,22)23)29-13-3-5-16(15(20)9-13)30(27,28)14-4-2-12(8-14)17(26)25-18(10-24)6-7-18/h3,5,9,11-12,14H,2,4,6-8H2,1H3,(H,25,26)/t11?,12-,14-/m1/s1.